The third-order valence-electron chi connectivity index (χ3n) is 1.28. The normalized spacial score (nSPS) is 12.6. The van der Waals surface area contributed by atoms with Crippen LogP contribution in [0.3, 0.4) is 0 Å². The van der Waals surface area contributed by atoms with Gasteiger partial charge in [-0.2, -0.15) is 0 Å². The molecule has 60 valence electrons. The molecule has 0 saturated carbocycles. The SMILES string of the molecule is C=COC(F)CCCCC. The second-order valence-electron chi connectivity index (χ2n) is 2.21. The highest BCUT2D eigenvalue weighted by atomic mass is 19.1. The second kappa shape index (κ2) is 6.59. The Morgan fingerprint density at radius 3 is 2.80 bits per heavy atom. The Kier molecular flexibility index (Phi) is 6.24. The van der Waals surface area contributed by atoms with Gasteiger partial charge in [-0.1, -0.05) is 26.3 Å². The van der Waals surface area contributed by atoms with Gasteiger partial charge in [0.25, 0.3) is 0 Å². The first-order chi connectivity index (χ1) is 4.81. The van der Waals surface area contributed by atoms with Gasteiger partial charge in [0.05, 0.1) is 6.26 Å². The summed E-state index contributed by atoms with van der Waals surface area (Å²) in [4.78, 5) is 0. The lowest BCUT2D eigenvalue weighted by Crippen LogP contribution is -2.00. The molecular weight excluding hydrogens is 131 g/mol. The van der Waals surface area contributed by atoms with Gasteiger partial charge >= 0.3 is 0 Å². The molecule has 0 rings (SSSR count). The van der Waals surface area contributed by atoms with Crippen LogP contribution in [0.5, 0.6) is 0 Å². The van der Waals surface area contributed by atoms with Crippen LogP contribution in [0.2, 0.25) is 0 Å². The summed E-state index contributed by atoms with van der Waals surface area (Å²) in [5.74, 6) is 0. The van der Waals surface area contributed by atoms with E-state index < -0.39 is 6.36 Å². The standard InChI is InChI=1S/C8H15FO/c1-3-5-6-7-8(9)10-4-2/h4,8H,2-3,5-7H2,1H3. The molecule has 0 aliphatic rings. The van der Waals surface area contributed by atoms with E-state index in [1.165, 1.54) is 0 Å². The molecule has 0 fully saturated rings. The zero-order chi connectivity index (χ0) is 7.82. The van der Waals surface area contributed by atoms with E-state index in [0.29, 0.717) is 6.42 Å². The third-order valence-corrected chi connectivity index (χ3v) is 1.28. The van der Waals surface area contributed by atoms with Crippen molar-refractivity contribution in [2.75, 3.05) is 0 Å². The lowest BCUT2D eigenvalue weighted by molar-refractivity contribution is 0.0166. The van der Waals surface area contributed by atoms with Crippen LogP contribution in [0.25, 0.3) is 0 Å². The van der Waals surface area contributed by atoms with Crippen LogP contribution in [-0.4, -0.2) is 6.36 Å². The first-order valence-corrected chi connectivity index (χ1v) is 3.71. The Bertz CT molecular complexity index is 83.3. The van der Waals surface area contributed by atoms with E-state index in [-0.39, 0.29) is 0 Å². The minimum Gasteiger partial charge on any atom is -0.469 e. The molecule has 10 heavy (non-hydrogen) atoms. The lowest BCUT2D eigenvalue weighted by atomic mass is 10.2. The molecule has 0 spiro atoms. The van der Waals surface area contributed by atoms with Gasteiger partial charge in [0.1, 0.15) is 0 Å². The van der Waals surface area contributed by atoms with Gasteiger partial charge in [0.2, 0.25) is 6.36 Å². The smallest absolute Gasteiger partial charge is 0.237 e. The third kappa shape index (κ3) is 5.60. The lowest BCUT2D eigenvalue weighted by Gasteiger charge is -2.05. The summed E-state index contributed by atoms with van der Waals surface area (Å²) in [6.45, 7) is 5.35. The average molecular weight is 146 g/mol. The van der Waals surface area contributed by atoms with E-state index in [4.69, 9.17) is 0 Å². The van der Waals surface area contributed by atoms with Crippen LogP contribution in [0.1, 0.15) is 32.6 Å². The molecule has 0 aromatic carbocycles. The summed E-state index contributed by atoms with van der Waals surface area (Å²) in [5, 5.41) is 0. The molecule has 0 aliphatic carbocycles. The molecule has 0 heterocycles. The molecule has 0 aromatic rings. The summed E-state index contributed by atoms with van der Waals surface area (Å²) in [5.41, 5.74) is 0. The maximum absolute atomic E-state index is 12.4. The van der Waals surface area contributed by atoms with Crippen molar-refractivity contribution in [3.63, 3.8) is 0 Å². The predicted octanol–water partition coefficient (Wildman–Crippen LogP) is 3.02. The van der Waals surface area contributed by atoms with Crippen LogP contribution >= 0.6 is 0 Å². The summed E-state index contributed by atoms with van der Waals surface area (Å²) in [7, 11) is 0. The topological polar surface area (TPSA) is 9.23 Å². The molecule has 2 heteroatoms. The Labute approximate surface area is 61.9 Å². The van der Waals surface area contributed by atoms with Gasteiger partial charge in [-0.15, -0.1) is 0 Å². The molecule has 1 atom stereocenters. The van der Waals surface area contributed by atoms with Gasteiger partial charge in [-0.05, 0) is 6.42 Å². The Hall–Kier alpha value is -0.530. The Morgan fingerprint density at radius 1 is 1.60 bits per heavy atom. The number of ether oxygens (including phenoxy) is 1. The van der Waals surface area contributed by atoms with Crippen LogP contribution < -0.4 is 0 Å². The number of rotatable bonds is 6. The zero-order valence-corrected chi connectivity index (χ0v) is 6.48. The van der Waals surface area contributed by atoms with E-state index in [0.717, 1.165) is 25.5 Å². The van der Waals surface area contributed by atoms with Gasteiger partial charge in [-0.25, -0.2) is 4.39 Å². The van der Waals surface area contributed by atoms with E-state index in [9.17, 15) is 4.39 Å². The predicted molar refractivity (Wildman–Crippen MR) is 40.3 cm³/mol. The monoisotopic (exact) mass is 146 g/mol. The summed E-state index contributed by atoms with van der Waals surface area (Å²) in [6, 6.07) is 0. The molecule has 0 N–H and O–H groups in total. The number of halogens is 1. The fourth-order valence-electron chi connectivity index (χ4n) is 0.727. The minimum absolute atomic E-state index is 0.486. The van der Waals surface area contributed by atoms with Crippen molar-refractivity contribution in [1.82, 2.24) is 0 Å². The van der Waals surface area contributed by atoms with Gasteiger partial charge in [-0.3, -0.25) is 0 Å². The molecule has 0 aromatic heterocycles. The van der Waals surface area contributed by atoms with Crippen molar-refractivity contribution in [2.24, 2.45) is 0 Å². The molecule has 0 bridgehead atoms. The van der Waals surface area contributed by atoms with E-state index in [1.807, 2.05) is 0 Å². The van der Waals surface area contributed by atoms with Crippen molar-refractivity contribution < 1.29 is 9.13 Å². The highest BCUT2D eigenvalue weighted by Crippen LogP contribution is 2.07. The largest absolute Gasteiger partial charge is 0.469 e. The van der Waals surface area contributed by atoms with Gasteiger partial charge in [0, 0.05) is 6.42 Å². The fourth-order valence-corrected chi connectivity index (χ4v) is 0.727. The Morgan fingerprint density at radius 2 is 2.30 bits per heavy atom. The molecular formula is C8H15FO. The van der Waals surface area contributed by atoms with Crippen molar-refractivity contribution in [1.29, 1.82) is 0 Å². The molecule has 0 radical (unpaired) electrons. The summed E-state index contributed by atoms with van der Waals surface area (Å²) >= 11 is 0. The molecule has 1 unspecified atom stereocenters. The summed E-state index contributed by atoms with van der Waals surface area (Å²) in [6.07, 6.45) is 3.56. The van der Waals surface area contributed by atoms with Gasteiger partial charge in [0.15, 0.2) is 0 Å². The van der Waals surface area contributed by atoms with Gasteiger partial charge < -0.3 is 4.74 Å². The highest BCUT2D eigenvalue weighted by Gasteiger charge is 2.02. The van der Waals surface area contributed by atoms with E-state index in [2.05, 4.69) is 18.2 Å². The van der Waals surface area contributed by atoms with Crippen molar-refractivity contribution in [3.05, 3.63) is 12.8 Å². The number of unbranched alkanes of at least 4 members (excludes halogenated alkanes) is 2. The van der Waals surface area contributed by atoms with E-state index >= 15 is 0 Å². The first kappa shape index (κ1) is 9.47. The quantitative estimate of drug-likeness (QED) is 0.413. The molecule has 0 aliphatic heterocycles. The molecule has 1 nitrogen and oxygen atoms in total. The second-order valence-corrected chi connectivity index (χ2v) is 2.21. The number of alkyl halides is 1. The number of hydrogen-bond donors (Lipinski definition) is 0. The molecule has 0 saturated heterocycles. The highest BCUT2D eigenvalue weighted by molar-refractivity contribution is 4.52. The van der Waals surface area contributed by atoms with Crippen LogP contribution in [-0.2, 0) is 4.74 Å². The minimum atomic E-state index is -1.15. The van der Waals surface area contributed by atoms with Crippen LogP contribution in [0.4, 0.5) is 4.39 Å². The zero-order valence-electron chi connectivity index (χ0n) is 6.48. The first-order valence-electron chi connectivity index (χ1n) is 3.71. The average Bonchev–Trinajstić information content (AvgIpc) is 1.89. The number of hydrogen-bond acceptors (Lipinski definition) is 1. The fraction of sp³-hybridized carbons (Fsp3) is 0.750. The van der Waals surface area contributed by atoms with E-state index in [1.54, 1.807) is 0 Å². The van der Waals surface area contributed by atoms with Crippen LogP contribution in [0, 0.1) is 0 Å². The molecule has 0 amide bonds. The maximum atomic E-state index is 12.4. The summed E-state index contributed by atoms with van der Waals surface area (Å²) < 4.78 is 16.9. The van der Waals surface area contributed by atoms with Crippen molar-refractivity contribution >= 4 is 0 Å². The maximum Gasteiger partial charge on any atom is 0.237 e. The van der Waals surface area contributed by atoms with Crippen molar-refractivity contribution in [3.8, 4) is 0 Å². The Balaban J connectivity index is 3.04. The van der Waals surface area contributed by atoms with Crippen LogP contribution in [0.15, 0.2) is 12.8 Å². The van der Waals surface area contributed by atoms with Crippen molar-refractivity contribution in [2.45, 2.75) is 39.0 Å².